The predicted molar refractivity (Wildman–Crippen MR) is 57.6 cm³/mol. The summed E-state index contributed by atoms with van der Waals surface area (Å²) in [5, 5.41) is 0. The molecule has 1 nitrogen and oxygen atoms in total. The third-order valence-electron chi connectivity index (χ3n) is 3.00. The van der Waals surface area contributed by atoms with Crippen LogP contribution in [0.5, 0.6) is 0 Å². The Morgan fingerprint density at radius 2 is 1.75 bits per heavy atom. The van der Waals surface area contributed by atoms with Gasteiger partial charge in [-0.2, -0.15) is 13.2 Å². The van der Waals surface area contributed by atoms with Gasteiger partial charge in [-0.3, -0.25) is 0 Å². The Balaban J connectivity index is 2.35. The average Bonchev–Trinajstić information content (AvgIpc) is 2.69. The second kappa shape index (κ2) is 4.00. The summed E-state index contributed by atoms with van der Waals surface area (Å²) in [5.41, 5.74) is 0.461. The van der Waals surface area contributed by atoms with Crippen LogP contribution in [-0.4, -0.2) is 13.1 Å². The van der Waals surface area contributed by atoms with Crippen LogP contribution in [0.1, 0.15) is 24.0 Å². The number of alkyl halides is 3. The molecule has 0 spiro atoms. The van der Waals surface area contributed by atoms with Crippen LogP contribution in [0.3, 0.4) is 0 Å². The van der Waals surface area contributed by atoms with Crippen molar-refractivity contribution in [2.75, 3.05) is 18.0 Å². The predicted octanol–water partition coefficient (Wildman–Crippen LogP) is 3.61. The molecule has 0 atom stereocenters. The summed E-state index contributed by atoms with van der Waals surface area (Å²) in [4.78, 5) is 2.01. The molecule has 1 aliphatic rings. The molecule has 16 heavy (non-hydrogen) atoms. The summed E-state index contributed by atoms with van der Waals surface area (Å²) in [7, 11) is 0. The first-order valence-electron chi connectivity index (χ1n) is 5.41. The minimum absolute atomic E-state index is 0.287. The van der Waals surface area contributed by atoms with Crippen molar-refractivity contribution in [1.29, 1.82) is 0 Å². The zero-order valence-electron chi connectivity index (χ0n) is 9.14. The zero-order valence-corrected chi connectivity index (χ0v) is 9.14. The normalized spacial score (nSPS) is 16.9. The molecule has 1 saturated heterocycles. The number of rotatable bonds is 1. The fourth-order valence-electron chi connectivity index (χ4n) is 2.09. The summed E-state index contributed by atoms with van der Waals surface area (Å²) >= 11 is 0. The third-order valence-corrected chi connectivity index (χ3v) is 3.00. The van der Waals surface area contributed by atoms with Crippen molar-refractivity contribution >= 4 is 5.69 Å². The minimum atomic E-state index is -4.25. The van der Waals surface area contributed by atoms with E-state index in [2.05, 4.69) is 0 Å². The van der Waals surface area contributed by atoms with Gasteiger partial charge in [-0.15, -0.1) is 0 Å². The summed E-state index contributed by atoms with van der Waals surface area (Å²) in [6.45, 7) is 3.22. The van der Waals surface area contributed by atoms with Crippen LogP contribution >= 0.6 is 0 Å². The Morgan fingerprint density at radius 3 is 2.31 bits per heavy atom. The standard InChI is InChI=1S/C12H14F3N/c1-9-4-5-10(16-6-2-3-7-16)8-11(9)12(13,14)15/h4-5,8H,2-3,6-7H2,1H3. The highest BCUT2D eigenvalue weighted by molar-refractivity contribution is 5.52. The van der Waals surface area contributed by atoms with E-state index in [1.807, 2.05) is 4.90 Å². The Hall–Kier alpha value is -1.19. The zero-order chi connectivity index (χ0) is 11.8. The van der Waals surface area contributed by atoms with Gasteiger partial charge in [0, 0.05) is 18.8 Å². The van der Waals surface area contributed by atoms with Crippen molar-refractivity contribution < 1.29 is 13.2 Å². The van der Waals surface area contributed by atoms with Crippen LogP contribution in [-0.2, 0) is 6.18 Å². The Bertz CT molecular complexity index is 378. The molecule has 1 aromatic rings. The van der Waals surface area contributed by atoms with E-state index in [1.165, 1.54) is 13.0 Å². The molecule has 0 unspecified atom stereocenters. The molecule has 4 heteroatoms. The van der Waals surface area contributed by atoms with Crippen LogP contribution in [0, 0.1) is 6.92 Å². The van der Waals surface area contributed by atoms with Gasteiger partial charge in [0.25, 0.3) is 0 Å². The van der Waals surface area contributed by atoms with Crippen molar-refractivity contribution in [1.82, 2.24) is 0 Å². The van der Waals surface area contributed by atoms with Crippen molar-refractivity contribution in [3.8, 4) is 0 Å². The molecule has 0 amide bonds. The van der Waals surface area contributed by atoms with Crippen molar-refractivity contribution in [2.45, 2.75) is 25.9 Å². The van der Waals surface area contributed by atoms with Gasteiger partial charge in [0.15, 0.2) is 0 Å². The first kappa shape index (κ1) is 11.3. The summed E-state index contributed by atoms with van der Waals surface area (Å²) in [6, 6.07) is 4.59. The molecule has 0 radical (unpaired) electrons. The van der Waals surface area contributed by atoms with E-state index in [-0.39, 0.29) is 5.56 Å². The molecular weight excluding hydrogens is 215 g/mol. The van der Waals surface area contributed by atoms with Gasteiger partial charge < -0.3 is 4.90 Å². The van der Waals surface area contributed by atoms with E-state index in [0.29, 0.717) is 5.69 Å². The molecule has 0 aromatic heterocycles. The molecule has 1 aliphatic heterocycles. The first-order chi connectivity index (χ1) is 7.48. The van der Waals surface area contributed by atoms with Crippen LogP contribution < -0.4 is 4.90 Å². The molecule has 0 N–H and O–H groups in total. The van der Waals surface area contributed by atoms with Gasteiger partial charge in [-0.25, -0.2) is 0 Å². The van der Waals surface area contributed by atoms with Gasteiger partial charge in [0.2, 0.25) is 0 Å². The van der Waals surface area contributed by atoms with E-state index in [0.717, 1.165) is 25.9 Å². The molecular formula is C12H14F3N. The highest BCUT2D eigenvalue weighted by atomic mass is 19.4. The molecule has 2 rings (SSSR count). The first-order valence-corrected chi connectivity index (χ1v) is 5.41. The second-order valence-electron chi connectivity index (χ2n) is 4.19. The molecule has 1 heterocycles. The van der Waals surface area contributed by atoms with Gasteiger partial charge in [0.1, 0.15) is 0 Å². The van der Waals surface area contributed by atoms with Crippen LogP contribution in [0.4, 0.5) is 18.9 Å². The lowest BCUT2D eigenvalue weighted by atomic mass is 10.1. The third kappa shape index (κ3) is 2.15. The maximum Gasteiger partial charge on any atom is 0.416 e. The van der Waals surface area contributed by atoms with Crippen LogP contribution in [0.2, 0.25) is 0 Å². The Morgan fingerprint density at radius 1 is 1.12 bits per heavy atom. The Labute approximate surface area is 92.9 Å². The van der Waals surface area contributed by atoms with Crippen molar-refractivity contribution in [3.63, 3.8) is 0 Å². The average molecular weight is 229 g/mol. The SMILES string of the molecule is Cc1ccc(N2CCCC2)cc1C(F)(F)F. The molecule has 0 saturated carbocycles. The summed E-state index contributed by atoms with van der Waals surface area (Å²) < 4.78 is 38.1. The largest absolute Gasteiger partial charge is 0.416 e. The lowest BCUT2D eigenvalue weighted by Crippen LogP contribution is -2.18. The molecule has 1 fully saturated rings. The minimum Gasteiger partial charge on any atom is -0.372 e. The topological polar surface area (TPSA) is 3.24 Å². The highest BCUT2D eigenvalue weighted by Gasteiger charge is 2.33. The molecule has 88 valence electrons. The number of hydrogen-bond acceptors (Lipinski definition) is 1. The fraction of sp³-hybridized carbons (Fsp3) is 0.500. The van der Waals surface area contributed by atoms with E-state index in [1.54, 1.807) is 12.1 Å². The monoisotopic (exact) mass is 229 g/mol. The molecule has 1 aromatic carbocycles. The quantitative estimate of drug-likeness (QED) is 0.711. The summed E-state index contributed by atoms with van der Waals surface area (Å²) in [6.07, 6.45) is -2.12. The second-order valence-corrected chi connectivity index (χ2v) is 4.19. The van der Waals surface area contributed by atoms with E-state index >= 15 is 0 Å². The number of aryl methyl sites for hydroxylation is 1. The van der Waals surface area contributed by atoms with Gasteiger partial charge >= 0.3 is 6.18 Å². The number of nitrogens with zero attached hydrogens (tertiary/aromatic N) is 1. The number of halogens is 3. The van der Waals surface area contributed by atoms with E-state index < -0.39 is 11.7 Å². The highest BCUT2D eigenvalue weighted by Crippen LogP contribution is 2.34. The van der Waals surface area contributed by atoms with Crippen molar-refractivity contribution in [2.24, 2.45) is 0 Å². The number of anilines is 1. The lowest BCUT2D eigenvalue weighted by molar-refractivity contribution is -0.138. The molecule has 0 bridgehead atoms. The number of benzene rings is 1. The maximum atomic E-state index is 12.7. The van der Waals surface area contributed by atoms with Gasteiger partial charge in [-0.05, 0) is 37.5 Å². The summed E-state index contributed by atoms with van der Waals surface area (Å²) in [5.74, 6) is 0. The van der Waals surface area contributed by atoms with E-state index in [9.17, 15) is 13.2 Å². The lowest BCUT2D eigenvalue weighted by Gasteiger charge is -2.20. The van der Waals surface area contributed by atoms with Gasteiger partial charge in [0.05, 0.1) is 5.56 Å². The fourth-order valence-corrected chi connectivity index (χ4v) is 2.09. The van der Waals surface area contributed by atoms with Crippen LogP contribution in [0.25, 0.3) is 0 Å². The van der Waals surface area contributed by atoms with Crippen LogP contribution in [0.15, 0.2) is 18.2 Å². The molecule has 0 aliphatic carbocycles. The maximum absolute atomic E-state index is 12.7. The number of hydrogen-bond donors (Lipinski definition) is 0. The van der Waals surface area contributed by atoms with Gasteiger partial charge in [-0.1, -0.05) is 6.07 Å². The Kier molecular flexibility index (Phi) is 2.82. The van der Waals surface area contributed by atoms with Crippen molar-refractivity contribution in [3.05, 3.63) is 29.3 Å². The van der Waals surface area contributed by atoms with E-state index in [4.69, 9.17) is 0 Å². The smallest absolute Gasteiger partial charge is 0.372 e.